The van der Waals surface area contributed by atoms with Crippen LogP contribution in [0.5, 0.6) is 11.5 Å². The van der Waals surface area contributed by atoms with E-state index in [0.29, 0.717) is 11.4 Å². The van der Waals surface area contributed by atoms with E-state index in [4.69, 9.17) is 15.2 Å². The van der Waals surface area contributed by atoms with Crippen LogP contribution in [0.3, 0.4) is 0 Å². The number of benzene rings is 2. The lowest BCUT2D eigenvalue weighted by atomic mass is 10.0. The van der Waals surface area contributed by atoms with E-state index in [1.807, 2.05) is 24.3 Å². The molecule has 0 aromatic heterocycles. The molecule has 23 heavy (non-hydrogen) atoms. The molecule has 2 aromatic carbocycles. The molecule has 122 valence electrons. The predicted octanol–water partition coefficient (Wildman–Crippen LogP) is 3.59. The summed E-state index contributed by atoms with van der Waals surface area (Å²) < 4.78 is 11.1. The molecular weight excluding hydrogens is 292 g/mol. The van der Waals surface area contributed by atoms with E-state index in [0.717, 1.165) is 42.7 Å². The van der Waals surface area contributed by atoms with Crippen molar-refractivity contribution in [3.05, 3.63) is 36.4 Å². The third-order valence-electron chi connectivity index (χ3n) is 4.06. The van der Waals surface area contributed by atoms with Crippen LogP contribution in [0, 0.1) is 0 Å². The first kappa shape index (κ1) is 15.5. The third-order valence-corrected chi connectivity index (χ3v) is 4.06. The number of hydrogen-bond acceptors (Lipinski definition) is 5. The van der Waals surface area contributed by atoms with Gasteiger partial charge in [0.25, 0.3) is 0 Å². The summed E-state index contributed by atoms with van der Waals surface area (Å²) in [5.74, 6) is 0.860. The van der Waals surface area contributed by atoms with Crippen molar-refractivity contribution >= 4 is 11.4 Å². The van der Waals surface area contributed by atoms with Crippen molar-refractivity contribution in [3.63, 3.8) is 0 Å². The van der Waals surface area contributed by atoms with Crippen LogP contribution >= 0.6 is 0 Å². The summed E-state index contributed by atoms with van der Waals surface area (Å²) in [6.45, 7) is 0.770. The number of ether oxygens (including phenoxy) is 2. The first-order valence-corrected chi connectivity index (χ1v) is 7.82. The highest BCUT2D eigenvalue weighted by Gasteiger charge is 2.17. The number of rotatable bonds is 4. The van der Waals surface area contributed by atoms with E-state index in [9.17, 15) is 5.11 Å². The number of phenols is 1. The normalized spacial score (nSPS) is 17.7. The first-order valence-electron chi connectivity index (χ1n) is 7.82. The van der Waals surface area contributed by atoms with Crippen molar-refractivity contribution in [1.29, 1.82) is 0 Å². The van der Waals surface area contributed by atoms with Gasteiger partial charge < -0.3 is 25.6 Å². The Bertz CT molecular complexity index is 665. The highest BCUT2D eigenvalue weighted by Crippen LogP contribution is 2.37. The predicted molar refractivity (Wildman–Crippen MR) is 91.7 cm³/mol. The lowest BCUT2D eigenvalue weighted by molar-refractivity contribution is 0.0344. The molecule has 5 nitrogen and oxygen atoms in total. The summed E-state index contributed by atoms with van der Waals surface area (Å²) in [4.78, 5) is 0. The van der Waals surface area contributed by atoms with Gasteiger partial charge >= 0.3 is 0 Å². The largest absolute Gasteiger partial charge is 0.508 e. The summed E-state index contributed by atoms with van der Waals surface area (Å²) >= 11 is 0. The number of nitrogens with two attached hydrogens (primary N) is 1. The summed E-state index contributed by atoms with van der Waals surface area (Å²) in [7, 11) is 1.60. The number of hydrogen-bond donors (Lipinski definition) is 3. The third kappa shape index (κ3) is 3.51. The molecule has 3 rings (SSSR count). The number of phenolic OH excluding ortho intramolecular Hbond substituents is 1. The smallest absolute Gasteiger partial charge is 0.144 e. The topological polar surface area (TPSA) is 76.7 Å². The van der Waals surface area contributed by atoms with Gasteiger partial charge in [0, 0.05) is 6.61 Å². The zero-order chi connectivity index (χ0) is 16.2. The molecule has 1 aliphatic rings. The molecule has 1 atom stereocenters. The highest BCUT2D eigenvalue weighted by molar-refractivity contribution is 5.81. The van der Waals surface area contributed by atoms with Gasteiger partial charge in [-0.05, 0) is 54.7 Å². The SMILES string of the molecule is COc1cc(-c2ccc(O)cc2)cc(NC2CCCCO2)c1N. The average molecular weight is 314 g/mol. The van der Waals surface area contributed by atoms with Crippen molar-refractivity contribution in [3.8, 4) is 22.6 Å². The minimum Gasteiger partial charge on any atom is -0.508 e. The van der Waals surface area contributed by atoms with Crippen molar-refractivity contribution in [1.82, 2.24) is 0 Å². The highest BCUT2D eigenvalue weighted by atomic mass is 16.5. The van der Waals surface area contributed by atoms with Crippen LogP contribution in [0.1, 0.15) is 19.3 Å². The molecule has 4 N–H and O–H groups in total. The van der Waals surface area contributed by atoms with Gasteiger partial charge in [0.1, 0.15) is 17.7 Å². The number of aromatic hydroxyl groups is 1. The molecule has 5 heteroatoms. The van der Waals surface area contributed by atoms with Gasteiger partial charge in [-0.25, -0.2) is 0 Å². The van der Waals surface area contributed by atoms with Crippen molar-refractivity contribution < 1.29 is 14.6 Å². The molecule has 0 spiro atoms. The molecule has 0 saturated carbocycles. The van der Waals surface area contributed by atoms with Crippen LogP contribution in [0.15, 0.2) is 36.4 Å². The Kier molecular flexibility index (Phi) is 4.57. The van der Waals surface area contributed by atoms with Gasteiger partial charge in [-0.15, -0.1) is 0 Å². The standard InChI is InChI=1S/C18H22N2O3/c1-22-16-11-13(12-5-7-14(21)8-6-12)10-15(18(16)19)20-17-4-2-3-9-23-17/h5-8,10-11,17,20-21H,2-4,9,19H2,1H3. The number of anilines is 2. The molecule has 0 bridgehead atoms. The fourth-order valence-corrected chi connectivity index (χ4v) is 2.76. The van der Waals surface area contributed by atoms with E-state index < -0.39 is 0 Å². The zero-order valence-electron chi connectivity index (χ0n) is 13.2. The van der Waals surface area contributed by atoms with E-state index in [1.165, 1.54) is 0 Å². The summed E-state index contributed by atoms with van der Waals surface area (Å²) in [6, 6.07) is 10.9. The van der Waals surface area contributed by atoms with Gasteiger partial charge in [-0.3, -0.25) is 0 Å². The number of methoxy groups -OCH3 is 1. The minimum absolute atomic E-state index is 0.0224. The van der Waals surface area contributed by atoms with E-state index in [2.05, 4.69) is 5.32 Å². The van der Waals surface area contributed by atoms with Crippen molar-refractivity contribution in [2.75, 3.05) is 24.8 Å². The fourth-order valence-electron chi connectivity index (χ4n) is 2.76. The van der Waals surface area contributed by atoms with E-state index in [-0.39, 0.29) is 12.0 Å². The Morgan fingerprint density at radius 2 is 1.96 bits per heavy atom. The average Bonchev–Trinajstić information content (AvgIpc) is 2.58. The zero-order valence-corrected chi connectivity index (χ0v) is 13.2. The number of nitrogens with one attached hydrogen (secondary N) is 1. The Labute approximate surface area is 136 Å². The monoisotopic (exact) mass is 314 g/mol. The maximum Gasteiger partial charge on any atom is 0.144 e. The summed E-state index contributed by atoms with van der Waals surface area (Å²) in [5.41, 5.74) is 9.52. The van der Waals surface area contributed by atoms with Crippen LogP contribution in [-0.2, 0) is 4.74 Å². The molecular formula is C18H22N2O3. The molecule has 1 aliphatic heterocycles. The molecule has 1 fully saturated rings. The van der Waals surface area contributed by atoms with Gasteiger partial charge in [-0.2, -0.15) is 0 Å². The van der Waals surface area contributed by atoms with Crippen LogP contribution in [0.4, 0.5) is 11.4 Å². The fraction of sp³-hybridized carbons (Fsp3) is 0.333. The lowest BCUT2D eigenvalue weighted by Crippen LogP contribution is -2.27. The van der Waals surface area contributed by atoms with Crippen molar-refractivity contribution in [2.45, 2.75) is 25.5 Å². The van der Waals surface area contributed by atoms with E-state index in [1.54, 1.807) is 19.2 Å². The maximum absolute atomic E-state index is 9.45. The maximum atomic E-state index is 9.45. The summed E-state index contributed by atoms with van der Waals surface area (Å²) in [6.07, 6.45) is 3.19. The second-order valence-electron chi connectivity index (χ2n) is 5.69. The van der Waals surface area contributed by atoms with Gasteiger partial charge in [0.05, 0.1) is 18.5 Å². The second kappa shape index (κ2) is 6.79. The van der Waals surface area contributed by atoms with Gasteiger partial charge in [-0.1, -0.05) is 12.1 Å². The Balaban J connectivity index is 1.94. The second-order valence-corrected chi connectivity index (χ2v) is 5.69. The molecule has 1 saturated heterocycles. The summed E-state index contributed by atoms with van der Waals surface area (Å²) in [5, 5.41) is 12.8. The quantitative estimate of drug-likeness (QED) is 0.752. The van der Waals surface area contributed by atoms with E-state index >= 15 is 0 Å². The van der Waals surface area contributed by atoms with Crippen LogP contribution < -0.4 is 15.8 Å². The lowest BCUT2D eigenvalue weighted by Gasteiger charge is -2.26. The van der Waals surface area contributed by atoms with Gasteiger partial charge in [0.2, 0.25) is 0 Å². The van der Waals surface area contributed by atoms with Crippen LogP contribution in [0.25, 0.3) is 11.1 Å². The minimum atomic E-state index is -0.0224. The van der Waals surface area contributed by atoms with Crippen LogP contribution in [-0.4, -0.2) is 25.1 Å². The first-order chi connectivity index (χ1) is 11.2. The number of nitrogen functional groups attached to an aromatic ring is 1. The molecule has 0 radical (unpaired) electrons. The van der Waals surface area contributed by atoms with Crippen molar-refractivity contribution in [2.24, 2.45) is 0 Å². The molecule has 1 unspecified atom stereocenters. The Hall–Kier alpha value is -2.40. The molecule has 1 heterocycles. The molecule has 2 aromatic rings. The van der Waals surface area contributed by atoms with Crippen LogP contribution in [0.2, 0.25) is 0 Å². The molecule has 0 aliphatic carbocycles. The Morgan fingerprint density at radius 3 is 2.61 bits per heavy atom. The Morgan fingerprint density at radius 1 is 1.17 bits per heavy atom. The molecule has 0 amide bonds. The van der Waals surface area contributed by atoms with Gasteiger partial charge in [0.15, 0.2) is 0 Å².